The Kier molecular flexibility index (Phi) is 8.67. The Balaban J connectivity index is 3.15. The predicted molar refractivity (Wildman–Crippen MR) is 101 cm³/mol. The molecule has 0 saturated heterocycles. The Bertz CT molecular complexity index is 482. The van der Waals surface area contributed by atoms with Crippen LogP contribution in [-0.4, -0.2) is 22.2 Å². The second-order valence-electron chi connectivity index (χ2n) is 7.83. The lowest BCUT2D eigenvalue weighted by molar-refractivity contribution is -0.177. The Morgan fingerprint density at radius 1 is 0.880 bits per heavy atom. The molecule has 0 aromatic carbocycles. The smallest absolute Gasteiger partial charge is 0.311 e. The maximum atomic E-state index is 12.4. The third-order valence-corrected chi connectivity index (χ3v) is 6.03. The normalized spacial score (nSPS) is 26.3. The number of hydrogen-bond donors (Lipinski definition) is 2. The van der Waals surface area contributed by atoms with E-state index in [4.69, 9.17) is 0 Å². The number of carbonyl (C=O) groups is 2. The van der Waals surface area contributed by atoms with Gasteiger partial charge in [-0.15, -0.1) is 0 Å². The van der Waals surface area contributed by atoms with Crippen LogP contribution in [0.25, 0.3) is 0 Å². The molecule has 0 radical (unpaired) electrons. The van der Waals surface area contributed by atoms with E-state index >= 15 is 0 Å². The van der Waals surface area contributed by atoms with Gasteiger partial charge in [0.05, 0.1) is 10.8 Å². The van der Waals surface area contributed by atoms with Crippen molar-refractivity contribution in [1.82, 2.24) is 0 Å². The molecule has 0 heterocycles. The molecule has 1 aliphatic rings. The molecule has 0 fully saturated rings. The number of allylic oxidation sites excluding steroid dienone is 2. The summed E-state index contributed by atoms with van der Waals surface area (Å²) in [7, 11) is 0. The van der Waals surface area contributed by atoms with Gasteiger partial charge in [0, 0.05) is 0 Å². The fraction of sp³-hybridized carbons (Fsp3) is 0.810. The van der Waals surface area contributed by atoms with Gasteiger partial charge in [-0.25, -0.2) is 0 Å². The second kappa shape index (κ2) is 9.98. The average molecular weight is 353 g/mol. The van der Waals surface area contributed by atoms with Crippen molar-refractivity contribution in [2.24, 2.45) is 10.8 Å². The van der Waals surface area contributed by atoms with Crippen molar-refractivity contribution in [3.63, 3.8) is 0 Å². The van der Waals surface area contributed by atoms with Crippen LogP contribution >= 0.6 is 0 Å². The van der Waals surface area contributed by atoms with Crippen molar-refractivity contribution in [3.8, 4) is 0 Å². The Morgan fingerprint density at radius 3 is 1.80 bits per heavy atom. The van der Waals surface area contributed by atoms with Crippen LogP contribution in [0.15, 0.2) is 11.6 Å². The van der Waals surface area contributed by atoms with E-state index in [0.29, 0.717) is 25.7 Å². The lowest BCUT2D eigenvalue weighted by Crippen LogP contribution is -2.54. The highest BCUT2D eigenvalue weighted by molar-refractivity contribution is 5.87. The van der Waals surface area contributed by atoms with E-state index in [1.54, 1.807) is 0 Å². The zero-order valence-corrected chi connectivity index (χ0v) is 16.3. The van der Waals surface area contributed by atoms with Crippen molar-refractivity contribution in [2.45, 2.75) is 97.8 Å². The van der Waals surface area contributed by atoms with Crippen LogP contribution in [0.5, 0.6) is 0 Å². The Hall–Kier alpha value is -1.32. The maximum absolute atomic E-state index is 12.4. The predicted octanol–water partition coefficient (Wildman–Crippen LogP) is 5.81. The second-order valence-corrected chi connectivity index (χ2v) is 7.83. The van der Waals surface area contributed by atoms with E-state index in [-0.39, 0.29) is 0 Å². The molecule has 0 spiro atoms. The molecule has 2 atom stereocenters. The summed E-state index contributed by atoms with van der Waals surface area (Å²) in [6.07, 6.45) is 11.4. The third kappa shape index (κ3) is 4.86. The summed E-state index contributed by atoms with van der Waals surface area (Å²) in [6.45, 7) is 6.18. The number of carboxylic acid groups (broad SMARTS) is 2. The van der Waals surface area contributed by atoms with Crippen LogP contribution in [0, 0.1) is 10.8 Å². The first-order valence-corrected chi connectivity index (χ1v) is 9.98. The minimum absolute atomic E-state index is 0.348. The van der Waals surface area contributed by atoms with E-state index in [1.807, 2.05) is 13.0 Å². The van der Waals surface area contributed by atoms with E-state index in [9.17, 15) is 19.8 Å². The summed E-state index contributed by atoms with van der Waals surface area (Å²) >= 11 is 0. The molecule has 0 aromatic heterocycles. The first-order valence-electron chi connectivity index (χ1n) is 9.98. The maximum Gasteiger partial charge on any atom is 0.311 e. The molecule has 1 aliphatic carbocycles. The molecule has 0 aromatic rings. The third-order valence-electron chi connectivity index (χ3n) is 6.03. The number of unbranched alkanes of at least 4 members (excludes halogenated alkanes) is 6. The van der Waals surface area contributed by atoms with Crippen LogP contribution in [0.2, 0.25) is 0 Å². The summed E-state index contributed by atoms with van der Waals surface area (Å²) in [5.74, 6) is -1.85. The van der Waals surface area contributed by atoms with Crippen LogP contribution in [0.1, 0.15) is 97.8 Å². The van der Waals surface area contributed by atoms with Crippen molar-refractivity contribution >= 4 is 11.9 Å². The van der Waals surface area contributed by atoms with Crippen molar-refractivity contribution < 1.29 is 19.8 Å². The fourth-order valence-electron chi connectivity index (χ4n) is 4.42. The van der Waals surface area contributed by atoms with Gasteiger partial charge in [-0.2, -0.15) is 0 Å². The van der Waals surface area contributed by atoms with E-state index in [0.717, 1.165) is 56.9 Å². The highest BCUT2D eigenvalue weighted by Gasteiger charge is 2.61. The molecule has 2 unspecified atom stereocenters. The molecule has 4 heteroatoms. The molecular weight excluding hydrogens is 316 g/mol. The topological polar surface area (TPSA) is 74.6 Å². The SMILES string of the molecule is CCCCCCC1(C(=O)O)CC=C(C)CC1(CCCCCC)C(=O)O. The average Bonchev–Trinajstić information content (AvgIpc) is 2.56. The molecule has 4 nitrogen and oxygen atoms in total. The van der Waals surface area contributed by atoms with E-state index < -0.39 is 22.8 Å². The summed E-state index contributed by atoms with van der Waals surface area (Å²) in [5, 5.41) is 20.3. The quantitative estimate of drug-likeness (QED) is 0.343. The Morgan fingerprint density at radius 2 is 1.36 bits per heavy atom. The fourth-order valence-corrected chi connectivity index (χ4v) is 4.42. The molecular formula is C21H36O4. The minimum Gasteiger partial charge on any atom is -0.481 e. The molecule has 2 N–H and O–H groups in total. The van der Waals surface area contributed by atoms with Crippen LogP contribution in [0.3, 0.4) is 0 Å². The van der Waals surface area contributed by atoms with Gasteiger partial charge in [0.2, 0.25) is 0 Å². The minimum atomic E-state index is -1.17. The monoisotopic (exact) mass is 352 g/mol. The zero-order chi connectivity index (χ0) is 18.9. The Labute approximate surface area is 152 Å². The van der Waals surface area contributed by atoms with Gasteiger partial charge < -0.3 is 10.2 Å². The standard InChI is InChI=1S/C21H36O4/c1-4-6-8-10-13-20(18(22)23)15-12-17(3)16-21(20,19(24)25)14-11-9-7-5-2/h12H,4-11,13-16H2,1-3H3,(H,22,23)(H,24,25). The van der Waals surface area contributed by atoms with Crippen molar-refractivity contribution in [3.05, 3.63) is 11.6 Å². The molecule has 0 amide bonds. The lowest BCUT2D eigenvalue weighted by Gasteiger charge is -2.48. The first-order chi connectivity index (χ1) is 11.9. The van der Waals surface area contributed by atoms with E-state index in [2.05, 4.69) is 13.8 Å². The van der Waals surface area contributed by atoms with Gasteiger partial charge in [-0.05, 0) is 32.6 Å². The summed E-state index contributed by atoms with van der Waals surface area (Å²) in [6, 6.07) is 0. The number of hydrogen-bond acceptors (Lipinski definition) is 2. The lowest BCUT2D eigenvalue weighted by atomic mass is 9.52. The highest BCUT2D eigenvalue weighted by atomic mass is 16.4. The van der Waals surface area contributed by atoms with Gasteiger partial charge in [0.25, 0.3) is 0 Å². The summed E-state index contributed by atoms with van der Waals surface area (Å²) in [5.41, 5.74) is -1.32. The van der Waals surface area contributed by atoms with E-state index in [1.165, 1.54) is 0 Å². The number of rotatable bonds is 12. The highest BCUT2D eigenvalue weighted by Crippen LogP contribution is 2.56. The van der Waals surface area contributed by atoms with Crippen LogP contribution in [-0.2, 0) is 9.59 Å². The molecule has 0 bridgehead atoms. The largest absolute Gasteiger partial charge is 0.481 e. The zero-order valence-electron chi connectivity index (χ0n) is 16.3. The molecule has 25 heavy (non-hydrogen) atoms. The van der Waals surface area contributed by atoms with Gasteiger partial charge in [0.1, 0.15) is 0 Å². The van der Waals surface area contributed by atoms with Crippen molar-refractivity contribution in [1.29, 1.82) is 0 Å². The van der Waals surface area contributed by atoms with Crippen molar-refractivity contribution in [2.75, 3.05) is 0 Å². The first kappa shape index (κ1) is 21.7. The molecule has 1 rings (SSSR count). The van der Waals surface area contributed by atoms with Crippen LogP contribution in [0.4, 0.5) is 0 Å². The van der Waals surface area contributed by atoms with Gasteiger partial charge in [0.15, 0.2) is 0 Å². The van der Waals surface area contributed by atoms with Gasteiger partial charge in [-0.1, -0.05) is 76.9 Å². The molecule has 0 aliphatic heterocycles. The molecule has 144 valence electrons. The number of carboxylic acids is 2. The number of aliphatic carboxylic acids is 2. The summed E-state index contributed by atoms with van der Waals surface area (Å²) < 4.78 is 0. The van der Waals surface area contributed by atoms with Gasteiger partial charge >= 0.3 is 11.9 Å². The van der Waals surface area contributed by atoms with Gasteiger partial charge in [-0.3, -0.25) is 9.59 Å². The summed E-state index contributed by atoms with van der Waals surface area (Å²) in [4.78, 5) is 24.8. The molecule has 0 saturated carbocycles. The van der Waals surface area contributed by atoms with Crippen LogP contribution < -0.4 is 0 Å².